The average Bonchev–Trinajstić information content (AvgIpc) is 2.41. The van der Waals surface area contributed by atoms with Crippen molar-refractivity contribution in [2.45, 2.75) is 6.18 Å². The van der Waals surface area contributed by atoms with Gasteiger partial charge in [-0.15, -0.1) is 0 Å². The fourth-order valence-electron chi connectivity index (χ4n) is 1.29. The van der Waals surface area contributed by atoms with Crippen LogP contribution in [0.25, 0.3) is 11.0 Å². The molecule has 0 amide bonds. The van der Waals surface area contributed by atoms with Crippen LogP contribution in [0.3, 0.4) is 0 Å². The van der Waals surface area contributed by atoms with Crippen LogP contribution in [0.2, 0.25) is 0 Å². The minimum atomic E-state index is -4.39. The summed E-state index contributed by atoms with van der Waals surface area (Å²) >= 11 is 0. The van der Waals surface area contributed by atoms with Crippen LogP contribution in [0.1, 0.15) is 5.56 Å². The smallest absolute Gasteiger partial charge is 0.368 e. The first-order valence-corrected chi connectivity index (χ1v) is 4.00. The maximum Gasteiger partial charge on any atom is 0.416 e. The van der Waals surface area contributed by atoms with E-state index in [-0.39, 0.29) is 11.5 Å². The van der Waals surface area contributed by atoms with Crippen LogP contribution in [0.15, 0.2) is 18.2 Å². The first-order valence-electron chi connectivity index (χ1n) is 4.00. The highest BCUT2D eigenvalue weighted by molar-refractivity contribution is 5.79. The van der Waals surface area contributed by atoms with Crippen LogP contribution in [0, 0.1) is 0 Å². The zero-order valence-corrected chi connectivity index (χ0v) is 7.42. The number of aromatic nitrogens is 2. The highest BCUT2D eigenvalue weighted by Gasteiger charge is 2.30. The van der Waals surface area contributed by atoms with Gasteiger partial charge in [-0.3, -0.25) is 0 Å². The maximum atomic E-state index is 12.3. The van der Waals surface area contributed by atoms with E-state index in [1.165, 1.54) is 6.07 Å². The van der Waals surface area contributed by atoms with Gasteiger partial charge in [-0.05, 0) is 18.2 Å². The van der Waals surface area contributed by atoms with E-state index in [9.17, 15) is 13.2 Å². The van der Waals surface area contributed by atoms with Crippen molar-refractivity contribution in [1.29, 1.82) is 0 Å². The second-order valence-electron chi connectivity index (χ2n) is 3.04. The fourth-order valence-corrected chi connectivity index (χ4v) is 1.29. The summed E-state index contributed by atoms with van der Waals surface area (Å²) in [5, 5.41) is 0. The Hall–Kier alpha value is -1.92. The summed E-state index contributed by atoms with van der Waals surface area (Å²) < 4.78 is 38.0. The van der Waals surface area contributed by atoms with Gasteiger partial charge >= 0.3 is 6.18 Å². The number of nitrogen functional groups attached to an aromatic ring is 2. The van der Waals surface area contributed by atoms with Crippen LogP contribution in [0.5, 0.6) is 0 Å². The lowest BCUT2D eigenvalue weighted by Crippen LogP contribution is -2.11. The molecule has 0 spiro atoms. The van der Waals surface area contributed by atoms with Crippen molar-refractivity contribution in [3.8, 4) is 0 Å². The lowest BCUT2D eigenvalue weighted by atomic mass is 10.2. The maximum absolute atomic E-state index is 12.3. The number of fused-ring (bicyclic) bond motifs is 1. The number of rotatable bonds is 0. The lowest BCUT2D eigenvalue weighted by Gasteiger charge is -2.05. The molecular weight excluding hydrogens is 209 g/mol. The molecule has 2 rings (SSSR count). The number of anilines is 1. The number of hydrogen-bond donors (Lipinski definition) is 2. The first-order chi connectivity index (χ1) is 6.89. The normalized spacial score (nSPS) is 12.2. The molecule has 0 fully saturated rings. The Morgan fingerprint density at radius 2 is 1.93 bits per heavy atom. The quantitative estimate of drug-likeness (QED) is 0.653. The molecule has 7 heteroatoms. The largest absolute Gasteiger partial charge is 0.416 e. The second-order valence-corrected chi connectivity index (χ2v) is 3.04. The molecule has 0 aliphatic carbocycles. The summed E-state index contributed by atoms with van der Waals surface area (Å²) in [6, 6.07) is 3.09. The Bertz CT molecular complexity index is 514. The summed E-state index contributed by atoms with van der Waals surface area (Å²) in [6.07, 6.45) is -4.39. The molecule has 1 aromatic heterocycles. The average molecular weight is 216 g/mol. The Labute approximate surface area is 82.3 Å². The van der Waals surface area contributed by atoms with Crippen LogP contribution in [0.4, 0.5) is 19.1 Å². The molecular formula is C8H7F3N4. The molecule has 0 aliphatic rings. The standard InChI is InChI=1S/C8H7F3N4/c9-8(10,11)4-1-2-6-5(3-4)14-7(12)15(6)13/h1-3H,13H2,(H2,12,14). The molecule has 15 heavy (non-hydrogen) atoms. The number of benzene rings is 1. The summed E-state index contributed by atoms with van der Waals surface area (Å²) in [5.74, 6) is 5.42. The zero-order chi connectivity index (χ0) is 11.2. The number of imidazole rings is 1. The van der Waals surface area contributed by atoms with E-state index < -0.39 is 11.7 Å². The fraction of sp³-hybridized carbons (Fsp3) is 0.125. The van der Waals surface area contributed by atoms with E-state index in [4.69, 9.17) is 11.6 Å². The molecule has 0 radical (unpaired) electrons. The van der Waals surface area contributed by atoms with E-state index in [1.54, 1.807) is 0 Å². The number of hydrogen-bond acceptors (Lipinski definition) is 3. The summed E-state index contributed by atoms with van der Waals surface area (Å²) in [6.45, 7) is 0. The van der Waals surface area contributed by atoms with Gasteiger partial charge in [0.25, 0.3) is 0 Å². The lowest BCUT2D eigenvalue weighted by molar-refractivity contribution is -0.137. The highest BCUT2D eigenvalue weighted by atomic mass is 19.4. The molecule has 1 heterocycles. The Kier molecular flexibility index (Phi) is 1.79. The van der Waals surface area contributed by atoms with E-state index in [0.29, 0.717) is 5.52 Å². The molecule has 1 aromatic carbocycles. The molecule has 0 saturated carbocycles. The molecule has 0 saturated heterocycles. The van der Waals surface area contributed by atoms with Gasteiger partial charge in [0.2, 0.25) is 5.95 Å². The number of nitrogens with two attached hydrogens (primary N) is 2. The highest BCUT2D eigenvalue weighted by Crippen LogP contribution is 2.31. The van der Waals surface area contributed by atoms with Crippen LogP contribution >= 0.6 is 0 Å². The number of alkyl halides is 3. The molecule has 0 atom stereocenters. The van der Waals surface area contributed by atoms with E-state index in [1.807, 2.05) is 0 Å². The van der Waals surface area contributed by atoms with Crippen LogP contribution < -0.4 is 11.6 Å². The van der Waals surface area contributed by atoms with Gasteiger partial charge in [0, 0.05) is 0 Å². The SMILES string of the molecule is Nc1nc2cc(C(F)(F)F)ccc2n1N. The van der Waals surface area contributed by atoms with Crippen molar-refractivity contribution in [3.63, 3.8) is 0 Å². The van der Waals surface area contributed by atoms with E-state index in [0.717, 1.165) is 16.8 Å². The van der Waals surface area contributed by atoms with Crippen molar-refractivity contribution >= 4 is 17.0 Å². The Balaban J connectivity index is 2.67. The van der Waals surface area contributed by atoms with Crippen molar-refractivity contribution in [1.82, 2.24) is 9.66 Å². The molecule has 80 valence electrons. The van der Waals surface area contributed by atoms with E-state index >= 15 is 0 Å². The third-order valence-electron chi connectivity index (χ3n) is 2.04. The first kappa shape index (κ1) is 9.63. The van der Waals surface area contributed by atoms with Crippen LogP contribution in [-0.4, -0.2) is 9.66 Å². The van der Waals surface area contributed by atoms with E-state index in [2.05, 4.69) is 4.98 Å². The van der Waals surface area contributed by atoms with Crippen molar-refractivity contribution in [2.75, 3.05) is 11.6 Å². The topological polar surface area (TPSA) is 69.9 Å². The molecule has 2 aromatic rings. The minimum Gasteiger partial charge on any atom is -0.368 e. The van der Waals surface area contributed by atoms with Gasteiger partial charge in [-0.1, -0.05) is 0 Å². The third kappa shape index (κ3) is 1.45. The van der Waals surface area contributed by atoms with Crippen molar-refractivity contribution in [2.24, 2.45) is 0 Å². The molecule has 0 aliphatic heterocycles. The second kappa shape index (κ2) is 2.78. The van der Waals surface area contributed by atoms with Crippen molar-refractivity contribution in [3.05, 3.63) is 23.8 Å². The third-order valence-corrected chi connectivity index (χ3v) is 2.04. The molecule has 4 N–H and O–H groups in total. The Morgan fingerprint density at radius 1 is 1.27 bits per heavy atom. The molecule has 0 bridgehead atoms. The minimum absolute atomic E-state index is 0.0238. The predicted octanol–water partition coefficient (Wildman–Crippen LogP) is 1.35. The van der Waals surface area contributed by atoms with Gasteiger partial charge in [0.1, 0.15) is 0 Å². The summed E-state index contributed by atoms with van der Waals surface area (Å²) in [4.78, 5) is 3.70. The number of halogens is 3. The van der Waals surface area contributed by atoms with Crippen molar-refractivity contribution < 1.29 is 13.2 Å². The van der Waals surface area contributed by atoms with Gasteiger partial charge < -0.3 is 11.6 Å². The monoisotopic (exact) mass is 216 g/mol. The van der Waals surface area contributed by atoms with Gasteiger partial charge in [-0.25, -0.2) is 9.66 Å². The summed E-state index contributed by atoms with van der Waals surface area (Å²) in [7, 11) is 0. The molecule has 4 nitrogen and oxygen atoms in total. The number of nitrogens with zero attached hydrogens (tertiary/aromatic N) is 2. The van der Waals surface area contributed by atoms with Gasteiger partial charge in [0.15, 0.2) is 0 Å². The van der Waals surface area contributed by atoms with Gasteiger partial charge in [0.05, 0.1) is 16.6 Å². The zero-order valence-electron chi connectivity index (χ0n) is 7.42. The van der Waals surface area contributed by atoms with Gasteiger partial charge in [-0.2, -0.15) is 13.2 Å². The predicted molar refractivity (Wildman–Crippen MR) is 49.3 cm³/mol. The summed E-state index contributed by atoms with van der Waals surface area (Å²) in [5.41, 5.74) is 5.08. The molecule has 0 unspecified atom stereocenters. The Morgan fingerprint density at radius 3 is 2.53 bits per heavy atom. The van der Waals surface area contributed by atoms with Crippen LogP contribution in [-0.2, 0) is 6.18 Å².